The first kappa shape index (κ1) is 16.8. The third-order valence-corrected chi connectivity index (χ3v) is 3.75. The van der Waals surface area contributed by atoms with Crippen LogP contribution in [0.1, 0.15) is 22.3 Å². The van der Waals surface area contributed by atoms with Crippen LogP contribution in [0.2, 0.25) is 0 Å². The molecule has 0 bridgehead atoms. The Morgan fingerprint density at radius 3 is 2.52 bits per heavy atom. The zero-order valence-electron chi connectivity index (χ0n) is 13.7. The van der Waals surface area contributed by atoms with E-state index in [2.05, 4.69) is 10.1 Å². The van der Waals surface area contributed by atoms with Crippen molar-refractivity contribution in [1.82, 2.24) is 0 Å². The Balaban J connectivity index is 2.23. The fraction of sp³-hybridized carbons (Fsp3) is 0.278. The minimum absolute atomic E-state index is 0.144. The largest absolute Gasteiger partial charge is 0.486 e. The molecular formula is C18H20FNO3. The Kier molecular flexibility index (Phi) is 5.21. The van der Waals surface area contributed by atoms with E-state index in [0.717, 1.165) is 22.3 Å². The van der Waals surface area contributed by atoms with Crippen molar-refractivity contribution in [1.29, 1.82) is 0 Å². The summed E-state index contributed by atoms with van der Waals surface area (Å²) in [5.74, 6) is -0.204. The summed E-state index contributed by atoms with van der Waals surface area (Å²) in [5.41, 5.74) is 4.12. The number of aryl methyl sites for hydroxylation is 3. The zero-order chi connectivity index (χ0) is 17.0. The maximum Gasteiger partial charge on any atom is 0.411 e. The van der Waals surface area contributed by atoms with Gasteiger partial charge < -0.3 is 9.47 Å². The van der Waals surface area contributed by atoms with Crippen molar-refractivity contribution in [2.45, 2.75) is 27.4 Å². The van der Waals surface area contributed by atoms with Gasteiger partial charge in [0.2, 0.25) is 0 Å². The fourth-order valence-corrected chi connectivity index (χ4v) is 2.19. The highest BCUT2D eigenvalue weighted by molar-refractivity contribution is 5.85. The number of halogens is 1. The van der Waals surface area contributed by atoms with Gasteiger partial charge in [-0.2, -0.15) is 0 Å². The number of carbonyl (C=O) groups is 1. The maximum absolute atomic E-state index is 14.0. The van der Waals surface area contributed by atoms with Crippen molar-refractivity contribution >= 4 is 11.8 Å². The average Bonchev–Trinajstić information content (AvgIpc) is 2.51. The third-order valence-electron chi connectivity index (χ3n) is 3.75. The first-order chi connectivity index (χ1) is 10.9. The maximum atomic E-state index is 14.0. The van der Waals surface area contributed by atoms with Crippen LogP contribution in [0.3, 0.4) is 0 Å². The summed E-state index contributed by atoms with van der Waals surface area (Å²) < 4.78 is 24.2. The molecule has 0 unspecified atom stereocenters. The van der Waals surface area contributed by atoms with E-state index in [9.17, 15) is 9.18 Å². The smallest absolute Gasteiger partial charge is 0.411 e. The molecule has 5 heteroatoms. The molecule has 0 saturated heterocycles. The number of benzene rings is 2. The average molecular weight is 317 g/mol. The minimum Gasteiger partial charge on any atom is -0.486 e. The number of nitrogens with one attached hydrogen (secondary N) is 1. The van der Waals surface area contributed by atoms with E-state index in [1.54, 1.807) is 12.1 Å². The van der Waals surface area contributed by atoms with Gasteiger partial charge in [-0.05, 0) is 55.7 Å². The van der Waals surface area contributed by atoms with Crippen LogP contribution in [-0.4, -0.2) is 13.2 Å². The van der Waals surface area contributed by atoms with Gasteiger partial charge in [0.1, 0.15) is 6.61 Å². The molecule has 23 heavy (non-hydrogen) atoms. The molecule has 122 valence electrons. The van der Waals surface area contributed by atoms with E-state index in [1.165, 1.54) is 13.2 Å². The molecule has 0 spiro atoms. The van der Waals surface area contributed by atoms with Crippen LogP contribution < -0.4 is 10.1 Å². The van der Waals surface area contributed by atoms with E-state index >= 15 is 0 Å². The van der Waals surface area contributed by atoms with Gasteiger partial charge >= 0.3 is 6.09 Å². The van der Waals surface area contributed by atoms with Crippen molar-refractivity contribution in [2.75, 3.05) is 12.4 Å². The van der Waals surface area contributed by atoms with Crippen molar-refractivity contribution < 1.29 is 18.7 Å². The Labute approximate surface area is 135 Å². The predicted octanol–water partition coefficient (Wildman–Crippen LogP) is 4.51. The quantitative estimate of drug-likeness (QED) is 0.902. The first-order valence-corrected chi connectivity index (χ1v) is 7.25. The molecule has 0 fully saturated rings. The summed E-state index contributed by atoms with van der Waals surface area (Å²) in [7, 11) is 1.30. The number of ether oxygens (including phenoxy) is 2. The summed E-state index contributed by atoms with van der Waals surface area (Å²) >= 11 is 0. The van der Waals surface area contributed by atoms with Gasteiger partial charge in [-0.15, -0.1) is 0 Å². The van der Waals surface area contributed by atoms with Crippen LogP contribution in [0.5, 0.6) is 5.75 Å². The second-order valence-corrected chi connectivity index (χ2v) is 5.37. The van der Waals surface area contributed by atoms with Crippen LogP contribution in [0.25, 0.3) is 0 Å². The van der Waals surface area contributed by atoms with Gasteiger partial charge in [-0.25, -0.2) is 9.18 Å². The molecule has 2 aromatic rings. The highest BCUT2D eigenvalue weighted by Gasteiger charge is 2.12. The molecule has 0 radical (unpaired) electrons. The van der Waals surface area contributed by atoms with Crippen LogP contribution >= 0.6 is 0 Å². The number of carbonyl (C=O) groups excluding carboxylic acids is 1. The van der Waals surface area contributed by atoms with Gasteiger partial charge in [0, 0.05) is 5.56 Å². The van der Waals surface area contributed by atoms with E-state index in [-0.39, 0.29) is 12.4 Å². The molecule has 4 nitrogen and oxygen atoms in total. The highest BCUT2D eigenvalue weighted by atomic mass is 19.1. The Morgan fingerprint density at radius 1 is 1.13 bits per heavy atom. The van der Waals surface area contributed by atoms with Gasteiger partial charge in [0.05, 0.1) is 12.8 Å². The lowest BCUT2D eigenvalue weighted by atomic mass is 10.1. The summed E-state index contributed by atoms with van der Waals surface area (Å²) in [4.78, 5) is 11.4. The normalized spacial score (nSPS) is 10.3. The van der Waals surface area contributed by atoms with E-state index in [0.29, 0.717) is 5.69 Å². The third kappa shape index (κ3) is 4.00. The molecule has 2 rings (SSSR count). The van der Waals surface area contributed by atoms with Crippen LogP contribution in [-0.2, 0) is 11.3 Å². The summed E-state index contributed by atoms with van der Waals surface area (Å²) in [5, 5.41) is 2.64. The topological polar surface area (TPSA) is 47.6 Å². The first-order valence-electron chi connectivity index (χ1n) is 7.25. The number of rotatable bonds is 4. The summed E-state index contributed by atoms with van der Waals surface area (Å²) in [6.45, 7) is 5.80. The van der Waals surface area contributed by atoms with E-state index in [4.69, 9.17) is 4.74 Å². The molecule has 0 aromatic heterocycles. The lowest BCUT2D eigenvalue weighted by Gasteiger charge is -2.15. The number of hydrogen-bond donors (Lipinski definition) is 1. The molecule has 1 amide bonds. The lowest BCUT2D eigenvalue weighted by molar-refractivity contribution is 0.187. The van der Waals surface area contributed by atoms with Crippen LogP contribution in [0, 0.1) is 26.6 Å². The van der Waals surface area contributed by atoms with Gasteiger partial charge in [-0.3, -0.25) is 5.32 Å². The Hall–Kier alpha value is -2.56. The van der Waals surface area contributed by atoms with Gasteiger partial charge in [0.15, 0.2) is 11.6 Å². The number of hydrogen-bond acceptors (Lipinski definition) is 3. The molecule has 0 heterocycles. The molecule has 0 aliphatic carbocycles. The van der Waals surface area contributed by atoms with Crippen LogP contribution in [0.15, 0.2) is 30.3 Å². The highest BCUT2D eigenvalue weighted by Crippen LogP contribution is 2.25. The zero-order valence-corrected chi connectivity index (χ0v) is 13.7. The minimum atomic E-state index is -0.561. The van der Waals surface area contributed by atoms with E-state index < -0.39 is 11.9 Å². The SMILES string of the molecule is COC(=O)Nc1cccc(C)c1COc1cc(C)c(C)cc1F. The molecule has 0 aliphatic rings. The number of amides is 1. The predicted molar refractivity (Wildman–Crippen MR) is 87.4 cm³/mol. The summed E-state index contributed by atoms with van der Waals surface area (Å²) in [6, 6.07) is 8.60. The number of methoxy groups -OCH3 is 1. The Morgan fingerprint density at radius 2 is 1.83 bits per heavy atom. The standard InChI is InChI=1S/C18H20FNO3/c1-11-6-5-7-16(20-18(21)22-4)14(11)10-23-17-9-13(3)12(2)8-15(17)19/h5-9H,10H2,1-4H3,(H,20,21). The molecule has 2 aromatic carbocycles. The second-order valence-electron chi connectivity index (χ2n) is 5.37. The van der Waals surface area contributed by atoms with Crippen molar-refractivity contribution in [3.63, 3.8) is 0 Å². The van der Waals surface area contributed by atoms with Crippen molar-refractivity contribution in [3.05, 3.63) is 58.4 Å². The molecule has 0 saturated carbocycles. The molecule has 0 aliphatic heterocycles. The van der Waals surface area contributed by atoms with Crippen molar-refractivity contribution in [3.8, 4) is 5.75 Å². The second kappa shape index (κ2) is 7.13. The van der Waals surface area contributed by atoms with Gasteiger partial charge in [-0.1, -0.05) is 12.1 Å². The molecule has 1 N–H and O–H groups in total. The van der Waals surface area contributed by atoms with Crippen molar-refractivity contribution in [2.24, 2.45) is 0 Å². The van der Waals surface area contributed by atoms with Gasteiger partial charge in [0.25, 0.3) is 0 Å². The molecule has 0 atom stereocenters. The lowest BCUT2D eigenvalue weighted by Crippen LogP contribution is -2.14. The van der Waals surface area contributed by atoms with E-state index in [1.807, 2.05) is 32.9 Å². The monoisotopic (exact) mass is 317 g/mol. The number of anilines is 1. The summed E-state index contributed by atoms with van der Waals surface area (Å²) in [6.07, 6.45) is -0.561. The fourth-order valence-electron chi connectivity index (χ4n) is 2.19. The Bertz CT molecular complexity index is 728. The molecular weight excluding hydrogens is 297 g/mol. The van der Waals surface area contributed by atoms with Crippen LogP contribution in [0.4, 0.5) is 14.9 Å².